The lowest BCUT2D eigenvalue weighted by Crippen LogP contribution is -2.18. The van der Waals surface area contributed by atoms with Crippen molar-refractivity contribution in [3.05, 3.63) is 17.6 Å². The predicted octanol–water partition coefficient (Wildman–Crippen LogP) is 3.51. The van der Waals surface area contributed by atoms with Gasteiger partial charge in [0.05, 0.1) is 0 Å². The molecule has 1 heterocycles. The Morgan fingerprint density at radius 2 is 2.06 bits per heavy atom. The Bertz CT molecular complexity index is 445. The largest absolute Gasteiger partial charge is 0.369 e. The molecule has 0 bridgehead atoms. The minimum Gasteiger partial charge on any atom is -0.369 e. The fourth-order valence-electron chi connectivity index (χ4n) is 2.79. The van der Waals surface area contributed by atoms with E-state index in [1.807, 2.05) is 6.92 Å². The number of nitrogens with zero attached hydrogens (tertiary/aromatic N) is 2. The third-order valence-corrected chi connectivity index (χ3v) is 4.35. The van der Waals surface area contributed by atoms with E-state index in [-0.39, 0.29) is 0 Å². The molecule has 3 heteroatoms. The molecule has 18 heavy (non-hydrogen) atoms. The summed E-state index contributed by atoms with van der Waals surface area (Å²) < 4.78 is 0. The van der Waals surface area contributed by atoms with Gasteiger partial charge in [0, 0.05) is 24.2 Å². The zero-order valence-corrected chi connectivity index (χ0v) is 11.7. The molecule has 0 aliphatic heterocycles. The highest BCUT2D eigenvalue weighted by Crippen LogP contribution is 2.61. The summed E-state index contributed by atoms with van der Waals surface area (Å²) in [4.78, 5) is 9.11. The molecule has 0 amide bonds. The zero-order valence-electron chi connectivity index (χ0n) is 11.7. The van der Waals surface area contributed by atoms with E-state index in [1.165, 1.54) is 25.7 Å². The summed E-state index contributed by atoms with van der Waals surface area (Å²) in [5.41, 5.74) is 1.68. The summed E-state index contributed by atoms with van der Waals surface area (Å²) >= 11 is 0. The van der Waals surface area contributed by atoms with Crippen LogP contribution in [0.15, 0.2) is 6.07 Å². The molecule has 98 valence electrons. The Morgan fingerprint density at radius 3 is 2.61 bits per heavy atom. The van der Waals surface area contributed by atoms with Crippen LogP contribution in [-0.4, -0.2) is 16.5 Å². The predicted molar refractivity (Wildman–Crippen MR) is 73.7 cm³/mol. The molecule has 0 radical (unpaired) electrons. The zero-order chi connectivity index (χ0) is 12.8. The highest BCUT2D eigenvalue weighted by Gasteiger charge is 2.53. The van der Waals surface area contributed by atoms with Gasteiger partial charge in [0.1, 0.15) is 11.6 Å². The lowest BCUT2D eigenvalue weighted by atomic mass is 10.0. The third kappa shape index (κ3) is 2.36. The maximum Gasteiger partial charge on any atom is 0.133 e. The first kappa shape index (κ1) is 11.9. The van der Waals surface area contributed by atoms with Gasteiger partial charge < -0.3 is 5.32 Å². The van der Waals surface area contributed by atoms with E-state index in [9.17, 15) is 0 Å². The lowest BCUT2D eigenvalue weighted by Gasteiger charge is -2.16. The summed E-state index contributed by atoms with van der Waals surface area (Å²) in [6.45, 7) is 7.44. The van der Waals surface area contributed by atoms with Crippen molar-refractivity contribution in [3.8, 4) is 0 Å². The number of anilines is 1. The van der Waals surface area contributed by atoms with Gasteiger partial charge in [0.15, 0.2) is 0 Å². The van der Waals surface area contributed by atoms with Crippen molar-refractivity contribution >= 4 is 5.82 Å². The van der Waals surface area contributed by atoms with Crippen molar-refractivity contribution in [2.24, 2.45) is 11.3 Å². The van der Waals surface area contributed by atoms with Crippen LogP contribution in [0.25, 0.3) is 0 Å². The van der Waals surface area contributed by atoms with Gasteiger partial charge in [-0.1, -0.05) is 13.8 Å². The number of hydrogen-bond acceptors (Lipinski definition) is 3. The number of nitrogens with one attached hydrogen (secondary N) is 1. The van der Waals surface area contributed by atoms with Crippen LogP contribution in [0.3, 0.4) is 0 Å². The van der Waals surface area contributed by atoms with Gasteiger partial charge in [-0.2, -0.15) is 0 Å². The van der Waals surface area contributed by atoms with Crippen molar-refractivity contribution in [3.63, 3.8) is 0 Å². The second kappa shape index (κ2) is 4.22. The lowest BCUT2D eigenvalue weighted by molar-refractivity contribution is 0.466. The van der Waals surface area contributed by atoms with Crippen LogP contribution in [0, 0.1) is 18.3 Å². The topological polar surface area (TPSA) is 37.8 Å². The quantitative estimate of drug-likeness (QED) is 0.862. The molecule has 0 atom stereocenters. The molecule has 3 nitrogen and oxygen atoms in total. The number of aryl methyl sites for hydroxylation is 1. The number of rotatable bonds is 5. The molecule has 3 rings (SSSR count). The van der Waals surface area contributed by atoms with Gasteiger partial charge in [-0.15, -0.1) is 0 Å². The van der Waals surface area contributed by atoms with Crippen LogP contribution in [0.4, 0.5) is 5.82 Å². The Balaban J connectivity index is 1.68. The van der Waals surface area contributed by atoms with Crippen molar-refractivity contribution in [1.29, 1.82) is 0 Å². The Kier molecular flexibility index (Phi) is 2.80. The molecule has 2 aliphatic rings. The van der Waals surface area contributed by atoms with Crippen LogP contribution in [-0.2, 0) is 0 Å². The molecule has 2 aliphatic carbocycles. The third-order valence-electron chi connectivity index (χ3n) is 4.35. The van der Waals surface area contributed by atoms with Crippen LogP contribution in [0.2, 0.25) is 0 Å². The molecule has 0 aromatic carbocycles. The Labute approximate surface area is 109 Å². The first-order valence-corrected chi connectivity index (χ1v) is 7.18. The van der Waals surface area contributed by atoms with Crippen LogP contribution in [0.5, 0.6) is 0 Å². The number of aromatic nitrogens is 2. The first-order chi connectivity index (χ1) is 8.59. The van der Waals surface area contributed by atoms with Crippen LogP contribution in [0.1, 0.15) is 57.0 Å². The normalized spacial score (nSPS) is 21.1. The van der Waals surface area contributed by atoms with E-state index in [1.54, 1.807) is 0 Å². The maximum absolute atomic E-state index is 4.62. The highest BCUT2D eigenvalue weighted by molar-refractivity contribution is 5.37. The van der Waals surface area contributed by atoms with E-state index in [4.69, 9.17) is 0 Å². The molecule has 0 unspecified atom stereocenters. The van der Waals surface area contributed by atoms with E-state index in [0.717, 1.165) is 29.8 Å². The summed E-state index contributed by atoms with van der Waals surface area (Å²) in [6.07, 6.45) is 5.71. The van der Waals surface area contributed by atoms with Crippen molar-refractivity contribution in [2.45, 2.75) is 52.4 Å². The monoisotopic (exact) mass is 245 g/mol. The molecule has 1 aromatic rings. The fourth-order valence-corrected chi connectivity index (χ4v) is 2.79. The average molecular weight is 245 g/mol. The second-order valence-corrected chi connectivity index (χ2v) is 6.40. The summed E-state index contributed by atoms with van der Waals surface area (Å²) in [7, 11) is 0. The molecule has 0 spiro atoms. The summed E-state index contributed by atoms with van der Waals surface area (Å²) in [5.74, 6) is 3.35. The smallest absolute Gasteiger partial charge is 0.133 e. The molecule has 1 N–H and O–H groups in total. The fraction of sp³-hybridized carbons (Fsp3) is 0.733. The van der Waals surface area contributed by atoms with E-state index in [2.05, 4.69) is 35.2 Å². The van der Waals surface area contributed by atoms with E-state index in [0.29, 0.717) is 11.3 Å². The van der Waals surface area contributed by atoms with E-state index < -0.39 is 0 Å². The second-order valence-electron chi connectivity index (χ2n) is 6.40. The number of hydrogen-bond donors (Lipinski definition) is 1. The Hall–Kier alpha value is -1.12. The highest BCUT2D eigenvalue weighted by atomic mass is 15.0. The van der Waals surface area contributed by atoms with Gasteiger partial charge in [0.2, 0.25) is 0 Å². The van der Waals surface area contributed by atoms with Gasteiger partial charge in [-0.25, -0.2) is 9.97 Å². The van der Waals surface area contributed by atoms with Gasteiger partial charge in [-0.05, 0) is 43.9 Å². The van der Waals surface area contributed by atoms with Crippen LogP contribution < -0.4 is 5.32 Å². The molecule has 1 aromatic heterocycles. The molecule has 2 fully saturated rings. The molecular formula is C15H23N3. The SMILES string of the molecule is Cc1cc(NCC2(C3CC3)CC2)nc(C(C)C)n1. The average Bonchev–Trinajstić information content (AvgIpc) is 3.17. The maximum atomic E-state index is 4.62. The van der Waals surface area contributed by atoms with Crippen molar-refractivity contribution < 1.29 is 0 Å². The summed E-state index contributed by atoms with van der Waals surface area (Å²) in [5, 5.41) is 3.55. The molecule has 2 saturated carbocycles. The van der Waals surface area contributed by atoms with Crippen LogP contribution >= 0.6 is 0 Å². The molecule has 0 saturated heterocycles. The standard InChI is InChI=1S/C15H23N3/c1-10(2)14-17-11(3)8-13(18-14)16-9-15(6-7-15)12-4-5-12/h8,10,12H,4-7,9H2,1-3H3,(H,16,17,18). The molecular weight excluding hydrogens is 222 g/mol. The van der Waals surface area contributed by atoms with E-state index >= 15 is 0 Å². The Morgan fingerprint density at radius 1 is 1.33 bits per heavy atom. The minimum absolute atomic E-state index is 0.392. The minimum atomic E-state index is 0.392. The van der Waals surface area contributed by atoms with Gasteiger partial charge >= 0.3 is 0 Å². The van der Waals surface area contributed by atoms with Gasteiger partial charge in [-0.3, -0.25) is 0 Å². The first-order valence-electron chi connectivity index (χ1n) is 7.18. The van der Waals surface area contributed by atoms with Crippen molar-refractivity contribution in [2.75, 3.05) is 11.9 Å². The summed E-state index contributed by atoms with van der Waals surface area (Å²) in [6, 6.07) is 2.06. The van der Waals surface area contributed by atoms with Gasteiger partial charge in [0.25, 0.3) is 0 Å². The van der Waals surface area contributed by atoms with Crippen molar-refractivity contribution in [1.82, 2.24) is 9.97 Å².